The Morgan fingerprint density at radius 1 is 1.56 bits per heavy atom. The summed E-state index contributed by atoms with van der Waals surface area (Å²) >= 11 is 0. The molecule has 0 saturated heterocycles. The van der Waals surface area contributed by atoms with Crippen molar-refractivity contribution in [2.75, 3.05) is 7.05 Å². The molecule has 0 amide bonds. The van der Waals surface area contributed by atoms with Crippen LogP contribution < -0.4 is 40.4 Å². The number of pyridine rings is 1. The number of hydrogen-bond donors (Lipinski definition) is 1. The van der Waals surface area contributed by atoms with E-state index in [1.807, 2.05) is 0 Å². The molecule has 0 spiro atoms. The van der Waals surface area contributed by atoms with Gasteiger partial charge in [0.15, 0.2) is 0 Å². The van der Waals surface area contributed by atoms with Crippen LogP contribution in [0.25, 0.3) is 5.57 Å². The van der Waals surface area contributed by atoms with Gasteiger partial charge >= 0.3 is 29.6 Å². The van der Waals surface area contributed by atoms with Crippen LogP contribution in [-0.2, 0) is 0 Å². The van der Waals surface area contributed by atoms with Crippen LogP contribution in [0.5, 0.6) is 0 Å². The average molecular weight is 227 g/mol. The van der Waals surface area contributed by atoms with E-state index in [1.54, 1.807) is 19.3 Å². The second-order valence-electron chi connectivity index (χ2n) is 2.73. The third-order valence-electron chi connectivity index (χ3n) is 1.75. The zero-order valence-electron chi connectivity index (χ0n) is 9.18. The molecule has 0 aliphatic heterocycles. The number of nitrogens with zero attached hydrogens (tertiary/aromatic N) is 2. The maximum atomic E-state index is 10.4. The third kappa shape index (κ3) is 3.77. The Bertz CT molecular complexity index is 413. The van der Waals surface area contributed by atoms with Crippen LogP contribution in [0.1, 0.15) is 16.1 Å². The van der Waals surface area contributed by atoms with Gasteiger partial charge in [0, 0.05) is 36.8 Å². The van der Waals surface area contributed by atoms with Crippen LogP contribution in [0.15, 0.2) is 29.5 Å². The monoisotopic (exact) mass is 227 g/mol. The summed E-state index contributed by atoms with van der Waals surface area (Å²) < 4.78 is 0. The molecule has 1 aromatic heterocycles. The predicted octanol–water partition coefficient (Wildman–Crippen LogP) is -3.55. The number of aromatic carboxylic acids is 1. The Morgan fingerprint density at radius 3 is 2.62 bits per heavy atom. The summed E-state index contributed by atoms with van der Waals surface area (Å²) in [7, 11) is 1.62. The number of carboxylic acids is 1. The van der Waals surface area contributed by atoms with Gasteiger partial charge in [-0.1, -0.05) is 6.07 Å². The maximum Gasteiger partial charge on any atom is 1.00 e. The Balaban J connectivity index is 0.00000225. The number of rotatable bonds is 3. The van der Waals surface area contributed by atoms with Gasteiger partial charge in [-0.3, -0.25) is 9.98 Å². The normalized spacial score (nSPS) is 11.2. The van der Waals surface area contributed by atoms with Gasteiger partial charge < -0.3 is 15.6 Å². The molecule has 2 N–H and O–H groups in total. The first kappa shape index (κ1) is 14.8. The molecule has 1 rings (SSSR count). The van der Waals surface area contributed by atoms with E-state index < -0.39 is 5.97 Å². The van der Waals surface area contributed by atoms with E-state index in [1.165, 1.54) is 18.5 Å². The Hall–Kier alpha value is -1.17. The van der Waals surface area contributed by atoms with Crippen LogP contribution in [-0.4, -0.2) is 24.2 Å². The van der Waals surface area contributed by atoms with E-state index in [9.17, 15) is 9.90 Å². The average Bonchev–Trinajstić information content (AvgIpc) is 2.26. The summed E-state index contributed by atoms with van der Waals surface area (Å²) in [6.45, 7) is 0. The van der Waals surface area contributed by atoms with Gasteiger partial charge in [0.25, 0.3) is 0 Å². The van der Waals surface area contributed by atoms with Crippen molar-refractivity contribution in [1.82, 2.24) is 4.98 Å². The summed E-state index contributed by atoms with van der Waals surface area (Å²) in [5.74, 6) is -1.30. The summed E-state index contributed by atoms with van der Waals surface area (Å²) in [6.07, 6.45) is 4.35. The van der Waals surface area contributed by atoms with Crippen LogP contribution >= 0.6 is 0 Å². The second-order valence-corrected chi connectivity index (χ2v) is 2.73. The van der Waals surface area contributed by atoms with Gasteiger partial charge in [0.05, 0.1) is 11.7 Å². The zero-order valence-corrected chi connectivity index (χ0v) is 11.2. The van der Waals surface area contributed by atoms with Crippen molar-refractivity contribution >= 4 is 17.8 Å². The number of carboxylic acid groups (broad SMARTS) is 1. The van der Waals surface area contributed by atoms with Gasteiger partial charge in [0.1, 0.15) is 0 Å². The van der Waals surface area contributed by atoms with Gasteiger partial charge in [-0.2, -0.15) is 0 Å². The number of allylic oxidation sites excluding steroid dienone is 1. The third-order valence-corrected chi connectivity index (χ3v) is 1.75. The minimum absolute atomic E-state index is 0. The van der Waals surface area contributed by atoms with Crippen molar-refractivity contribution < 1.29 is 39.5 Å². The summed E-state index contributed by atoms with van der Waals surface area (Å²) in [6, 6.07) is 2.95. The fourth-order valence-corrected chi connectivity index (χ4v) is 1.04. The SMILES string of the molecule is CN=C/C(=C\N)c1ccc(C(=O)[O-])nc1.[Na+]. The van der Waals surface area contributed by atoms with Crippen molar-refractivity contribution in [2.24, 2.45) is 10.7 Å². The molecule has 5 nitrogen and oxygen atoms in total. The quantitative estimate of drug-likeness (QED) is 0.427. The zero-order chi connectivity index (χ0) is 11.3. The number of nitrogens with two attached hydrogens (primary N) is 1. The van der Waals surface area contributed by atoms with Crippen LogP contribution in [0.3, 0.4) is 0 Å². The molecule has 16 heavy (non-hydrogen) atoms. The molecule has 0 unspecified atom stereocenters. The van der Waals surface area contributed by atoms with Gasteiger partial charge in [-0.15, -0.1) is 0 Å². The van der Waals surface area contributed by atoms with Gasteiger partial charge in [0.2, 0.25) is 0 Å². The van der Waals surface area contributed by atoms with Gasteiger partial charge in [-0.25, -0.2) is 0 Å². The molecule has 0 aliphatic carbocycles. The maximum absolute atomic E-state index is 10.4. The topological polar surface area (TPSA) is 91.4 Å². The molecule has 0 radical (unpaired) electrons. The number of carbonyl (C=O) groups is 1. The molecule has 0 bridgehead atoms. The molecule has 0 aliphatic rings. The Labute approximate surface area is 115 Å². The Morgan fingerprint density at radius 2 is 2.25 bits per heavy atom. The first-order valence-electron chi connectivity index (χ1n) is 4.21. The predicted molar refractivity (Wildman–Crippen MR) is 55.1 cm³/mol. The van der Waals surface area contributed by atoms with E-state index >= 15 is 0 Å². The molecular weight excluding hydrogens is 217 g/mol. The molecule has 0 saturated carbocycles. The molecule has 1 heterocycles. The first-order valence-corrected chi connectivity index (χ1v) is 4.21. The van der Waals surface area contributed by atoms with Crippen molar-refractivity contribution in [1.29, 1.82) is 0 Å². The smallest absolute Gasteiger partial charge is 0.543 e. The molecular formula is C10H10N3NaO2. The van der Waals surface area contributed by atoms with Crippen molar-refractivity contribution in [2.45, 2.75) is 0 Å². The van der Waals surface area contributed by atoms with E-state index in [0.717, 1.165) is 0 Å². The Kier molecular flexibility index (Phi) is 6.64. The molecule has 0 fully saturated rings. The summed E-state index contributed by atoms with van der Waals surface area (Å²) in [5, 5.41) is 10.4. The van der Waals surface area contributed by atoms with E-state index in [-0.39, 0.29) is 35.3 Å². The number of carbonyl (C=O) groups excluding carboxylic acids is 1. The summed E-state index contributed by atoms with van der Waals surface area (Å²) in [4.78, 5) is 18.0. The van der Waals surface area contributed by atoms with Crippen LogP contribution in [0.4, 0.5) is 0 Å². The number of hydrogen-bond acceptors (Lipinski definition) is 5. The van der Waals surface area contributed by atoms with Crippen molar-refractivity contribution in [3.8, 4) is 0 Å². The van der Waals surface area contributed by atoms with E-state index in [0.29, 0.717) is 11.1 Å². The van der Waals surface area contributed by atoms with Crippen LogP contribution in [0, 0.1) is 0 Å². The molecule has 1 aromatic rings. The van der Waals surface area contributed by atoms with Crippen LogP contribution in [0.2, 0.25) is 0 Å². The first-order chi connectivity index (χ1) is 7.19. The van der Waals surface area contributed by atoms with E-state index in [4.69, 9.17) is 5.73 Å². The largest absolute Gasteiger partial charge is 1.00 e. The molecule has 78 valence electrons. The standard InChI is InChI=1S/C10H11N3O2.Na/c1-12-5-8(4-11)7-2-3-9(10(14)15)13-6-7;/h2-6H,11H2,1H3,(H,14,15);/q;+1/p-1/b8-4+,12-5?;. The summed E-state index contributed by atoms with van der Waals surface area (Å²) in [5.41, 5.74) is 6.65. The minimum Gasteiger partial charge on any atom is -0.543 e. The van der Waals surface area contributed by atoms with E-state index in [2.05, 4.69) is 9.98 Å². The molecule has 0 atom stereocenters. The van der Waals surface area contributed by atoms with Gasteiger partial charge in [-0.05, 0) is 6.07 Å². The van der Waals surface area contributed by atoms with Crippen molar-refractivity contribution in [3.63, 3.8) is 0 Å². The molecule has 0 aromatic carbocycles. The molecule has 6 heteroatoms. The fourth-order valence-electron chi connectivity index (χ4n) is 1.04. The fraction of sp³-hybridized carbons (Fsp3) is 0.100. The van der Waals surface area contributed by atoms with Crippen molar-refractivity contribution in [3.05, 3.63) is 35.8 Å². The number of aliphatic imine (C=N–C) groups is 1. The minimum atomic E-state index is -1.30. The second kappa shape index (κ2) is 7.16. The number of aromatic nitrogens is 1.